The van der Waals surface area contributed by atoms with E-state index in [1.807, 2.05) is 5.57 Å². The molecule has 24 heavy (non-hydrogen) atoms. The first kappa shape index (κ1) is 14.3. The second-order valence-corrected chi connectivity index (χ2v) is 7.61. The maximum atomic E-state index is 2.50. The van der Waals surface area contributed by atoms with Crippen LogP contribution in [0.3, 0.4) is 0 Å². The van der Waals surface area contributed by atoms with Crippen LogP contribution in [0, 0.1) is 5.41 Å². The van der Waals surface area contributed by atoms with Crippen molar-refractivity contribution in [3.05, 3.63) is 88.5 Å². The van der Waals surface area contributed by atoms with E-state index < -0.39 is 0 Å². The Bertz CT molecular complexity index is 810. The van der Waals surface area contributed by atoms with Crippen molar-refractivity contribution in [1.82, 2.24) is 0 Å². The summed E-state index contributed by atoms with van der Waals surface area (Å²) in [5.74, 6) is 0.647. The number of hydrogen-bond acceptors (Lipinski definition) is 0. The lowest BCUT2D eigenvalue weighted by molar-refractivity contribution is 0.322. The minimum atomic E-state index is 0.350. The van der Waals surface area contributed by atoms with E-state index in [4.69, 9.17) is 0 Å². The number of rotatable bonds is 2. The lowest BCUT2D eigenvalue weighted by atomic mass is 9.52. The molecule has 0 heterocycles. The summed E-state index contributed by atoms with van der Waals surface area (Å²) in [5, 5.41) is 0. The van der Waals surface area contributed by atoms with E-state index in [1.54, 1.807) is 16.7 Å². The molecule has 0 nitrogen and oxygen atoms in total. The minimum Gasteiger partial charge on any atom is -0.0622 e. The van der Waals surface area contributed by atoms with Gasteiger partial charge in [0.15, 0.2) is 0 Å². The van der Waals surface area contributed by atoms with Crippen LogP contribution in [0.1, 0.15) is 55.6 Å². The van der Waals surface area contributed by atoms with Gasteiger partial charge in [0.2, 0.25) is 0 Å². The summed E-state index contributed by atoms with van der Waals surface area (Å²) in [4.78, 5) is 0. The van der Waals surface area contributed by atoms with E-state index >= 15 is 0 Å². The summed E-state index contributed by atoms with van der Waals surface area (Å²) in [5.41, 5.74) is 8.55. The Morgan fingerprint density at radius 1 is 0.792 bits per heavy atom. The third-order valence-corrected chi connectivity index (χ3v) is 6.50. The molecule has 0 amide bonds. The fourth-order valence-electron chi connectivity index (χ4n) is 5.69. The number of benzene rings is 2. The summed E-state index contributed by atoms with van der Waals surface area (Å²) < 4.78 is 0. The molecule has 3 aliphatic carbocycles. The molecule has 1 saturated carbocycles. The third kappa shape index (κ3) is 1.92. The lowest BCUT2D eigenvalue weighted by Crippen LogP contribution is -2.39. The SMILES string of the molecule is C(=C1/CCC[C@]12C1=C(CCC1)[C@H]2c1ccccc1)/c1ccccc1. The smallest absolute Gasteiger partial charge is 0.0233 e. The van der Waals surface area contributed by atoms with Gasteiger partial charge in [-0.2, -0.15) is 0 Å². The Hall–Kier alpha value is -2.08. The van der Waals surface area contributed by atoms with E-state index in [0.29, 0.717) is 11.3 Å². The largest absolute Gasteiger partial charge is 0.0622 e. The van der Waals surface area contributed by atoms with Crippen LogP contribution >= 0.6 is 0 Å². The van der Waals surface area contributed by atoms with E-state index in [2.05, 4.69) is 66.7 Å². The van der Waals surface area contributed by atoms with Crippen molar-refractivity contribution < 1.29 is 0 Å². The maximum absolute atomic E-state index is 2.50. The Morgan fingerprint density at radius 3 is 2.33 bits per heavy atom. The van der Waals surface area contributed by atoms with Gasteiger partial charge >= 0.3 is 0 Å². The molecule has 2 aromatic rings. The molecular weight excluding hydrogens is 288 g/mol. The molecule has 0 N–H and O–H groups in total. The summed E-state index contributed by atoms with van der Waals surface area (Å²) in [7, 11) is 0. The van der Waals surface area contributed by atoms with Crippen molar-refractivity contribution in [2.24, 2.45) is 5.41 Å². The van der Waals surface area contributed by atoms with Gasteiger partial charge in [0.05, 0.1) is 0 Å². The van der Waals surface area contributed by atoms with Crippen LogP contribution in [0.4, 0.5) is 0 Å². The Labute approximate surface area is 144 Å². The van der Waals surface area contributed by atoms with Gasteiger partial charge in [0.25, 0.3) is 0 Å². The summed E-state index contributed by atoms with van der Waals surface area (Å²) in [6.45, 7) is 0. The minimum absolute atomic E-state index is 0.350. The zero-order chi connectivity index (χ0) is 16.0. The monoisotopic (exact) mass is 312 g/mol. The zero-order valence-electron chi connectivity index (χ0n) is 14.2. The van der Waals surface area contributed by atoms with Crippen LogP contribution in [0.2, 0.25) is 0 Å². The fourth-order valence-corrected chi connectivity index (χ4v) is 5.69. The first-order valence-corrected chi connectivity index (χ1v) is 9.43. The predicted molar refractivity (Wildman–Crippen MR) is 101 cm³/mol. The molecule has 0 bridgehead atoms. The molecule has 5 rings (SSSR count). The molecule has 2 atom stereocenters. The molecule has 0 saturated heterocycles. The van der Waals surface area contributed by atoms with Gasteiger partial charge in [-0.05, 0) is 49.7 Å². The standard InChI is InChI=1S/C24H24/c1-3-9-18(10-4-1)17-20-13-8-16-24(20)22-15-7-14-21(22)23(24)19-11-5-2-6-12-19/h1-6,9-12,17,23H,7-8,13-16H2/b20-17+/t23-,24-/m1/s1. The highest BCUT2D eigenvalue weighted by Crippen LogP contribution is 2.71. The molecule has 0 unspecified atom stereocenters. The molecule has 2 aromatic carbocycles. The van der Waals surface area contributed by atoms with Crippen LogP contribution in [0.5, 0.6) is 0 Å². The normalized spacial score (nSPS) is 30.0. The number of fused-ring (bicyclic) bond motifs is 1. The van der Waals surface area contributed by atoms with Crippen LogP contribution in [-0.2, 0) is 0 Å². The fraction of sp³-hybridized carbons (Fsp3) is 0.333. The van der Waals surface area contributed by atoms with Crippen molar-refractivity contribution in [2.75, 3.05) is 0 Å². The van der Waals surface area contributed by atoms with Gasteiger partial charge in [-0.15, -0.1) is 0 Å². The van der Waals surface area contributed by atoms with E-state index in [1.165, 1.54) is 44.1 Å². The van der Waals surface area contributed by atoms with E-state index in [0.717, 1.165) is 0 Å². The van der Waals surface area contributed by atoms with Crippen LogP contribution in [0.15, 0.2) is 77.4 Å². The van der Waals surface area contributed by atoms with Gasteiger partial charge < -0.3 is 0 Å². The molecular formula is C24H24. The molecule has 1 fully saturated rings. The molecule has 0 aromatic heterocycles. The van der Waals surface area contributed by atoms with Crippen LogP contribution in [0.25, 0.3) is 6.08 Å². The first-order valence-electron chi connectivity index (χ1n) is 9.43. The van der Waals surface area contributed by atoms with Crippen LogP contribution < -0.4 is 0 Å². The molecule has 3 aliphatic rings. The highest BCUT2D eigenvalue weighted by atomic mass is 14.6. The van der Waals surface area contributed by atoms with Gasteiger partial charge in [-0.1, -0.05) is 83.5 Å². The van der Waals surface area contributed by atoms with Crippen molar-refractivity contribution in [3.8, 4) is 0 Å². The van der Waals surface area contributed by atoms with Gasteiger partial charge in [-0.25, -0.2) is 0 Å². The summed E-state index contributed by atoms with van der Waals surface area (Å²) >= 11 is 0. The molecule has 120 valence electrons. The Morgan fingerprint density at radius 2 is 1.54 bits per heavy atom. The van der Waals surface area contributed by atoms with Crippen molar-refractivity contribution in [2.45, 2.75) is 44.4 Å². The topological polar surface area (TPSA) is 0 Å². The second-order valence-electron chi connectivity index (χ2n) is 7.61. The summed E-state index contributed by atoms with van der Waals surface area (Å²) in [6.07, 6.45) is 10.5. The number of hydrogen-bond donors (Lipinski definition) is 0. The molecule has 0 heteroatoms. The van der Waals surface area contributed by atoms with Crippen molar-refractivity contribution >= 4 is 6.08 Å². The van der Waals surface area contributed by atoms with Gasteiger partial charge in [0, 0.05) is 11.3 Å². The zero-order valence-corrected chi connectivity index (χ0v) is 14.2. The second kappa shape index (κ2) is 5.48. The maximum Gasteiger partial charge on any atom is 0.0233 e. The van der Waals surface area contributed by atoms with Crippen molar-refractivity contribution in [1.29, 1.82) is 0 Å². The molecule has 0 radical (unpaired) electrons. The highest BCUT2D eigenvalue weighted by Gasteiger charge is 2.58. The quantitative estimate of drug-likeness (QED) is 0.554. The van der Waals surface area contributed by atoms with Gasteiger partial charge in [0.1, 0.15) is 0 Å². The summed E-state index contributed by atoms with van der Waals surface area (Å²) in [6, 6.07) is 22.2. The molecule has 1 spiro atoms. The Kier molecular flexibility index (Phi) is 3.26. The van der Waals surface area contributed by atoms with Crippen LogP contribution in [-0.4, -0.2) is 0 Å². The van der Waals surface area contributed by atoms with Crippen molar-refractivity contribution in [3.63, 3.8) is 0 Å². The van der Waals surface area contributed by atoms with E-state index in [9.17, 15) is 0 Å². The lowest BCUT2D eigenvalue weighted by Gasteiger charge is -2.51. The average molecular weight is 312 g/mol. The number of allylic oxidation sites excluding steroid dienone is 3. The van der Waals surface area contributed by atoms with E-state index in [-0.39, 0.29) is 0 Å². The Balaban J connectivity index is 1.63. The highest BCUT2D eigenvalue weighted by molar-refractivity contribution is 5.65. The first-order chi connectivity index (χ1) is 11.9. The van der Waals surface area contributed by atoms with Gasteiger partial charge in [-0.3, -0.25) is 0 Å². The average Bonchev–Trinajstić information content (AvgIpc) is 3.23. The molecule has 0 aliphatic heterocycles. The third-order valence-electron chi connectivity index (χ3n) is 6.50. The predicted octanol–water partition coefficient (Wildman–Crippen LogP) is 6.52.